The van der Waals surface area contributed by atoms with Crippen molar-refractivity contribution in [2.45, 2.75) is 13.1 Å². The fourth-order valence-corrected chi connectivity index (χ4v) is 2.64. The fourth-order valence-electron chi connectivity index (χ4n) is 2.42. The summed E-state index contributed by atoms with van der Waals surface area (Å²) in [5.74, 6) is 0. The molecule has 0 spiro atoms. The van der Waals surface area contributed by atoms with E-state index in [4.69, 9.17) is 11.6 Å². The Kier molecular flexibility index (Phi) is 4.44. The molecule has 0 atom stereocenters. The number of halogens is 1. The van der Waals surface area contributed by atoms with Crippen LogP contribution < -0.4 is 11.2 Å². The van der Waals surface area contributed by atoms with Crippen LogP contribution in [-0.2, 0) is 13.1 Å². The van der Waals surface area contributed by atoms with Crippen LogP contribution in [0.2, 0.25) is 5.02 Å². The minimum atomic E-state index is -0.468. The number of aromatic nitrogens is 2. The van der Waals surface area contributed by atoms with Crippen molar-refractivity contribution in [3.63, 3.8) is 0 Å². The SMILES string of the molecule is O=c1c(Cl)cn(Cc2ccccc2)c(=O)n1Cc1ccccc1. The highest BCUT2D eigenvalue weighted by Gasteiger charge is 2.11. The first-order chi connectivity index (χ1) is 11.1. The molecule has 0 saturated carbocycles. The number of hydrogen-bond acceptors (Lipinski definition) is 2. The van der Waals surface area contributed by atoms with Crippen LogP contribution in [0.25, 0.3) is 0 Å². The minimum Gasteiger partial charge on any atom is -0.294 e. The zero-order valence-corrected chi connectivity index (χ0v) is 13.1. The standard InChI is InChI=1S/C18H15ClN2O2/c19-16-13-20(11-14-7-3-1-4-8-14)18(23)21(17(16)22)12-15-9-5-2-6-10-15/h1-10,13H,11-12H2. The Bertz CT molecular complexity index is 915. The number of hydrogen-bond donors (Lipinski definition) is 0. The van der Waals surface area contributed by atoms with E-state index in [1.807, 2.05) is 60.7 Å². The summed E-state index contributed by atoms with van der Waals surface area (Å²) < 4.78 is 2.63. The van der Waals surface area contributed by atoms with Crippen LogP contribution in [0.1, 0.15) is 11.1 Å². The van der Waals surface area contributed by atoms with E-state index in [2.05, 4.69) is 0 Å². The van der Waals surface area contributed by atoms with Crippen LogP contribution >= 0.6 is 11.6 Å². The average molecular weight is 327 g/mol. The van der Waals surface area contributed by atoms with Crippen LogP contribution in [0.5, 0.6) is 0 Å². The lowest BCUT2D eigenvalue weighted by atomic mass is 10.2. The molecule has 0 amide bonds. The third kappa shape index (κ3) is 3.43. The molecule has 0 aliphatic heterocycles. The van der Waals surface area contributed by atoms with Gasteiger partial charge >= 0.3 is 5.69 Å². The van der Waals surface area contributed by atoms with E-state index in [0.717, 1.165) is 11.1 Å². The molecule has 3 aromatic rings. The molecule has 2 aromatic carbocycles. The monoisotopic (exact) mass is 326 g/mol. The molecule has 116 valence electrons. The van der Waals surface area contributed by atoms with Crippen LogP contribution in [0.15, 0.2) is 76.4 Å². The highest BCUT2D eigenvalue weighted by atomic mass is 35.5. The Morgan fingerprint density at radius 1 is 0.783 bits per heavy atom. The molecule has 0 radical (unpaired) electrons. The number of benzene rings is 2. The molecule has 0 bridgehead atoms. The Hall–Kier alpha value is -2.59. The van der Waals surface area contributed by atoms with Gasteiger partial charge in [0.2, 0.25) is 0 Å². The van der Waals surface area contributed by atoms with Crippen molar-refractivity contribution in [1.82, 2.24) is 9.13 Å². The van der Waals surface area contributed by atoms with Crippen molar-refractivity contribution >= 4 is 11.6 Å². The smallest absolute Gasteiger partial charge is 0.294 e. The molecule has 1 aromatic heterocycles. The van der Waals surface area contributed by atoms with Gasteiger partial charge in [-0.05, 0) is 11.1 Å². The van der Waals surface area contributed by atoms with E-state index >= 15 is 0 Å². The zero-order chi connectivity index (χ0) is 16.2. The van der Waals surface area contributed by atoms with Gasteiger partial charge < -0.3 is 0 Å². The lowest BCUT2D eigenvalue weighted by Crippen LogP contribution is -2.40. The van der Waals surface area contributed by atoms with Gasteiger partial charge in [0.15, 0.2) is 0 Å². The molecule has 23 heavy (non-hydrogen) atoms. The molecule has 0 saturated heterocycles. The summed E-state index contributed by atoms with van der Waals surface area (Å²) in [5.41, 5.74) is 1.01. The number of rotatable bonds is 4. The fraction of sp³-hybridized carbons (Fsp3) is 0.111. The average Bonchev–Trinajstić information content (AvgIpc) is 2.58. The summed E-state index contributed by atoms with van der Waals surface area (Å²) in [6.07, 6.45) is 1.40. The summed E-state index contributed by atoms with van der Waals surface area (Å²) in [5, 5.41) is 0.0384. The minimum absolute atomic E-state index is 0.0384. The Balaban J connectivity index is 2.03. The van der Waals surface area contributed by atoms with Gasteiger partial charge in [0.1, 0.15) is 5.02 Å². The molecule has 1 heterocycles. The van der Waals surface area contributed by atoms with Gasteiger partial charge in [-0.3, -0.25) is 13.9 Å². The summed E-state index contributed by atoms with van der Waals surface area (Å²) in [4.78, 5) is 24.8. The summed E-state index contributed by atoms with van der Waals surface area (Å²) >= 11 is 6.03. The quantitative estimate of drug-likeness (QED) is 0.740. The van der Waals surface area contributed by atoms with Gasteiger partial charge in [0.25, 0.3) is 5.56 Å². The van der Waals surface area contributed by atoms with E-state index in [0.29, 0.717) is 6.54 Å². The first kappa shape index (κ1) is 15.3. The maximum absolute atomic E-state index is 12.6. The van der Waals surface area contributed by atoms with Gasteiger partial charge in [-0.2, -0.15) is 0 Å². The first-order valence-electron chi connectivity index (χ1n) is 7.23. The molecule has 0 N–H and O–H groups in total. The lowest BCUT2D eigenvalue weighted by Gasteiger charge is -2.11. The largest absolute Gasteiger partial charge is 0.331 e. The van der Waals surface area contributed by atoms with Crippen molar-refractivity contribution in [2.75, 3.05) is 0 Å². The molecule has 3 rings (SSSR count). The molecule has 0 aliphatic carbocycles. The van der Waals surface area contributed by atoms with Gasteiger partial charge in [-0.25, -0.2) is 4.79 Å². The molecular weight excluding hydrogens is 312 g/mol. The van der Waals surface area contributed by atoms with Gasteiger partial charge in [0.05, 0.1) is 13.1 Å². The predicted molar refractivity (Wildman–Crippen MR) is 91.1 cm³/mol. The van der Waals surface area contributed by atoms with E-state index in [-0.39, 0.29) is 17.3 Å². The van der Waals surface area contributed by atoms with Gasteiger partial charge in [-0.1, -0.05) is 72.3 Å². The molecule has 4 nitrogen and oxygen atoms in total. The van der Waals surface area contributed by atoms with Crippen molar-refractivity contribution < 1.29 is 0 Å². The molecule has 0 fully saturated rings. The predicted octanol–water partition coefficient (Wildman–Crippen LogP) is 2.76. The highest BCUT2D eigenvalue weighted by Crippen LogP contribution is 2.05. The topological polar surface area (TPSA) is 44.0 Å². The van der Waals surface area contributed by atoms with Gasteiger partial charge in [-0.15, -0.1) is 0 Å². The Labute approximate surface area is 138 Å². The summed E-state index contributed by atoms with van der Waals surface area (Å²) in [6, 6.07) is 18.9. The van der Waals surface area contributed by atoms with Crippen molar-refractivity contribution in [1.29, 1.82) is 0 Å². The maximum Gasteiger partial charge on any atom is 0.331 e. The molecule has 5 heteroatoms. The number of nitrogens with zero attached hydrogens (tertiary/aromatic N) is 2. The van der Waals surface area contributed by atoms with E-state index in [1.54, 1.807) is 0 Å². The van der Waals surface area contributed by atoms with Crippen LogP contribution in [0.3, 0.4) is 0 Å². The lowest BCUT2D eigenvalue weighted by molar-refractivity contribution is 0.612. The normalized spacial score (nSPS) is 10.7. The Morgan fingerprint density at radius 3 is 1.87 bits per heavy atom. The Morgan fingerprint density at radius 2 is 1.30 bits per heavy atom. The first-order valence-corrected chi connectivity index (χ1v) is 7.60. The van der Waals surface area contributed by atoms with Gasteiger partial charge in [0, 0.05) is 6.20 Å². The third-order valence-corrected chi connectivity index (χ3v) is 3.83. The van der Waals surface area contributed by atoms with Crippen molar-refractivity contribution in [2.24, 2.45) is 0 Å². The second kappa shape index (κ2) is 6.67. The second-order valence-corrected chi connectivity index (χ2v) is 5.66. The third-order valence-electron chi connectivity index (χ3n) is 3.57. The van der Waals surface area contributed by atoms with Crippen LogP contribution in [-0.4, -0.2) is 9.13 Å². The van der Waals surface area contributed by atoms with Crippen LogP contribution in [0.4, 0.5) is 0 Å². The van der Waals surface area contributed by atoms with Crippen LogP contribution in [0, 0.1) is 0 Å². The highest BCUT2D eigenvalue weighted by molar-refractivity contribution is 6.30. The maximum atomic E-state index is 12.6. The molecule has 0 aliphatic rings. The summed E-state index contributed by atoms with van der Waals surface area (Å²) in [6.45, 7) is 0.572. The van der Waals surface area contributed by atoms with Crippen molar-refractivity contribution in [3.05, 3.63) is 104 Å². The molecular formula is C18H15ClN2O2. The second-order valence-electron chi connectivity index (χ2n) is 5.25. The van der Waals surface area contributed by atoms with Crippen molar-refractivity contribution in [3.8, 4) is 0 Å². The van der Waals surface area contributed by atoms with E-state index in [1.165, 1.54) is 15.3 Å². The molecule has 0 unspecified atom stereocenters. The van der Waals surface area contributed by atoms with E-state index in [9.17, 15) is 9.59 Å². The summed E-state index contributed by atoms with van der Waals surface area (Å²) in [7, 11) is 0. The zero-order valence-electron chi connectivity index (χ0n) is 12.4. The van der Waals surface area contributed by atoms with E-state index < -0.39 is 5.56 Å².